The van der Waals surface area contributed by atoms with Gasteiger partial charge in [-0.2, -0.15) is 0 Å². The number of aromatic carboxylic acids is 1. The SMILES string of the molecule is CCc1ccc(C(C)Nc2ccc(C(=O)O)cc2C)s1. The number of nitrogens with one attached hydrogen (secondary N) is 1. The normalized spacial score (nSPS) is 12.2. The number of carboxylic acids is 1. The average molecular weight is 289 g/mol. The van der Waals surface area contributed by atoms with Crippen LogP contribution in [0.1, 0.15) is 45.6 Å². The Balaban J connectivity index is 2.15. The van der Waals surface area contributed by atoms with Gasteiger partial charge < -0.3 is 10.4 Å². The molecule has 1 aromatic carbocycles. The topological polar surface area (TPSA) is 49.3 Å². The van der Waals surface area contributed by atoms with Crippen LogP contribution >= 0.6 is 11.3 Å². The van der Waals surface area contributed by atoms with Gasteiger partial charge in [-0.1, -0.05) is 6.92 Å². The van der Waals surface area contributed by atoms with Crippen LogP contribution < -0.4 is 5.32 Å². The predicted molar refractivity (Wildman–Crippen MR) is 83.9 cm³/mol. The van der Waals surface area contributed by atoms with Gasteiger partial charge in [-0.15, -0.1) is 11.3 Å². The van der Waals surface area contributed by atoms with Gasteiger partial charge in [0.05, 0.1) is 11.6 Å². The number of hydrogen-bond acceptors (Lipinski definition) is 3. The summed E-state index contributed by atoms with van der Waals surface area (Å²) < 4.78 is 0. The summed E-state index contributed by atoms with van der Waals surface area (Å²) in [6, 6.07) is 9.71. The van der Waals surface area contributed by atoms with Crippen LogP contribution in [0.3, 0.4) is 0 Å². The molecule has 1 aromatic heterocycles. The van der Waals surface area contributed by atoms with E-state index in [9.17, 15) is 4.79 Å². The quantitative estimate of drug-likeness (QED) is 0.852. The molecule has 0 aliphatic heterocycles. The first kappa shape index (κ1) is 14.6. The zero-order valence-corrected chi connectivity index (χ0v) is 12.8. The fraction of sp³-hybridized carbons (Fsp3) is 0.312. The second-order valence-corrected chi connectivity index (χ2v) is 6.06. The van der Waals surface area contributed by atoms with Crippen molar-refractivity contribution in [2.75, 3.05) is 5.32 Å². The Bertz CT molecular complexity index is 619. The van der Waals surface area contributed by atoms with Crippen molar-refractivity contribution < 1.29 is 9.90 Å². The molecule has 0 fully saturated rings. The second kappa shape index (κ2) is 6.09. The molecule has 2 aromatic rings. The van der Waals surface area contributed by atoms with Crippen LogP contribution in [0.25, 0.3) is 0 Å². The Morgan fingerprint density at radius 3 is 2.65 bits per heavy atom. The Morgan fingerprint density at radius 1 is 1.35 bits per heavy atom. The molecule has 1 atom stereocenters. The van der Waals surface area contributed by atoms with Crippen LogP contribution in [0.2, 0.25) is 0 Å². The summed E-state index contributed by atoms with van der Waals surface area (Å²) >= 11 is 1.82. The number of carboxylic acid groups (broad SMARTS) is 1. The van der Waals surface area contributed by atoms with E-state index in [2.05, 4.69) is 31.3 Å². The van der Waals surface area contributed by atoms with E-state index in [1.54, 1.807) is 12.1 Å². The molecule has 106 valence electrons. The van der Waals surface area contributed by atoms with Crippen molar-refractivity contribution >= 4 is 23.0 Å². The van der Waals surface area contributed by atoms with Crippen molar-refractivity contribution in [2.24, 2.45) is 0 Å². The van der Waals surface area contributed by atoms with Gasteiger partial charge in [-0.05, 0) is 56.2 Å². The van der Waals surface area contributed by atoms with Crippen LogP contribution in [-0.4, -0.2) is 11.1 Å². The van der Waals surface area contributed by atoms with Gasteiger partial charge >= 0.3 is 5.97 Å². The highest BCUT2D eigenvalue weighted by molar-refractivity contribution is 7.12. The molecule has 0 aliphatic rings. The molecule has 0 radical (unpaired) electrons. The standard InChI is InChI=1S/C16H19NO2S/c1-4-13-6-8-15(20-13)11(3)17-14-7-5-12(16(18)19)9-10(14)2/h5-9,11,17H,4H2,1-3H3,(H,18,19). The molecule has 0 spiro atoms. The van der Waals surface area contributed by atoms with Crippen molar-refractivity contribution in [3.8, 4) is 0 Å². The largest absolute Gasteiger partial charge is 0.478 e. The van der Waals surface area contributed by atoms with Gasteiger partial charge in [0.15, 0.2) is 0 Å². The van der Waals surface area contributed by atoms with Crippen molar-refractivity contribution in [1.82, 2.24) is 0 Å². The smallest absolute Gasteiger partial charge is 0.335 e. The molecule has 2 rings (SSSR count). The third kappa shape index (κ3) is 3.20. The fourth-order valence-electron chi connectivity index (χ4n) is 2.08. The Labute approximate surface area is 123 Å². The lowest BCUT2D eigenvalue weighted by Crippen LogP contribution is -2.07. The van der Waals surface area contributed by atoms with Gasteiger partial charge in [0.1, 0.15) is 0 Å². The van der Waals surface area contributed by atoms with Crippen molar-refractivity contribution in [3.63, 3.8) is 0 Å². The predicted octanol–water partition coefficient (Wildman–Crippen LogP) is 4.49. The van der Waals surface area contributed by atoms with E-state index in [-0.39, 0.29) is 6.04 Å². The van der Waals surface area contributed by atoms with Gasteiger partial charge in [-0.3, -0.25) is 0 Å². The molecule has 1 unspecified atom stereocenters. The van der Waals surface area contributed by atoms with Gasteiger partial charge in [-0.25, -0.2) is 4.79 Å². The summed E-state index contributed by atoms with van der Waals surface area (Å²) in [5.74, 6) is -0.890. The summed E-state index contributed by atoms with van der Waals surface area (Å²) in [7, 11) is 0. The number of thiophene rings is 1. The molecule has 4 heteroatoms. The van der Waals surface area contributed by atoms with Crippen LogP contribution in [-0.2, 0) is 6.42 Å². The molecule has 2 N–H and O–H groups in total. The van der Waals surface area contributed by atoms with Gasteiger partial charge in [0.25, 0.3) is 0 Å². The lowest BCUT2D eigenvalue weighted by Gasteiger charge is -2.16. The van der Waals surface area contributed by atoms with E-state index in [4.69, 9.17) is 5.11 Å². The van der Waals surface area contributed by atoms with Crippen LogP contribution in [0.15, 0.2) is 30.3 Å². The zero-order chi connectivity index (χ0) is 14.7. The summed E-state index contributed by atoms with van der Waals surface area (Å²) in [5.41, 5.74) is 2.25. The van der Waals surface area contributed by atoms with Crippen LogP contribution in [0.5, 0.6) is 0 Å². The van der Waals surface area contributed by atoms with E-state index in [1.807, 2.05) is 24.3 Å². The Hall–Kier alpha value is -1.81. The van der Waals surface area contributed by atoms with Gasteiger partial charge in [0.2, 0.25) is 0 Å². The minimum absolute atomic E-state index is 0.217. The summed E-state index contributed by atoms with van der Waals surface area (Å²) in [6.45, 7) is 6.20. The lowest BCUT2D eigenvalue weighted by molar-refractivity contribution is 0.0697. The van der Waals surface area contributed by atoms with Crippen molar-refractivity contribution in [1.29, 1.82) is 0 Å². The second-order valence-electron chi connectivity index (χ2n) is 4.86. The lowest BCUT2D eigenvalue weighted by atomic mass is 10.1. The highest BCUT2D eigenvalue weighted by Gasteiger charge is 2.11. The minimum Gasteiger partial charge on any atom is -0.478 e. The maximum Gasteiger partial charge on any atom is 0.335 e. The third-order valence-electron chi connectivity index (χ3n) is 3.30. The zero-order valence-electron chi connectivity index (χ0n) is 11.9. The summed E-state index contributed by atoms with van der Waals surface area (Å²) in [4.78, 5) is 13.6. The van der Waals surface area contributed by atoms with E-state index < -0.39 is 5.97 Å². The van der Waals surface area contributed by atoms with Crippen molar-refractivity contribution in [2.45, 2.75) is 33.2 Å². The Morgan fingerprint density at radius 2 is 2.10 bits per heavy atom. The molecule has 0 saturated carbocycles. The molecule has 3 nitrogen and oxygen atoms in total. The summed E-state index contributed by atoms with van der Waals surface area (Å²) in [5, 5.41) is 12.4. The molecule has 0 saturated heterocycles. The minimum atomic E-state index is -0.890. The number of benzene rings is 1. The maximum absolute atomic E-state index is 10.9. The van der Waals surface area contributed by atoms with Crippen LogP contribution in [0.4, 0.5) is 5.69 Å². The highest BCUT2D eigenvalue weighted by Crippen LogP contribution is 2.28. The van der Waals surface area contributed by atoms with E-state index >= 15 is 0 Å². The monoisotopic (exact) mass is 289 g/mol. The van der Waals surface area contributed by atoms with E-state index in [1.165, 1.54) is 9.75 Å². The first-order chi connectivity index (χ1) is 9.51. The maximum atomic E-state index is 10.9. The average Bonchev–Trinajstić information content (AvgIpc) is 2.89. The number of rotatable bonds is 5. The number of hydrogen-bond donors (Lipinski definition) is 2. The fourth-order valence-corrected chi connectivity index (χ4v) is 3.04. The number of aryl methyl sites for hydroxylation is 2. The molecule has 0 bridgehead atoms. The molecular weight excluding hydrogens is 270 g/mol. The van der Waals surface area contributed by atoms with Gasteiger partial charge in [0, 0.05) is 15.4 Å². The molecular formula is C16H19NO2S. The van der Waals surface area contributed by atoms with Crippen LogP contribution in [0, 0.1) is 6.92 Å². The molecule has 0 aliphatic carbocycles. The third-order valence-corrected chi connectivity index (χ3v) is 4.72. The van der Waals surface area contributed by atoms with E-state index in [0.29, 0.717) is 5.56 Å². The first-order valence-corrected chi connectivity index (χ1v) is 7.52. The number of carbonyl (C=O) groups is 1. The molecule has 1 heterocycles. The molecule has 20 heavy (non-hydrogen) atoms. The Kier molecular flexibility index (Phi) is 4.45. The molecule has 0 amide bonds. The van der Waals surface area contributed by atoms with Crippen molar-refractivity contribution in [3.05, 3.63) is 51.2 Å². The van der Waals surface area contributed by atoms with E-state index in [0.717, 1.165) is 17.7 Å². The number of anilines is 1. The first-order valence-electron chi connectivity index (χ1n) is 6.70. The summed E-state index contributed by atoms with van der Waals surface area (Å²) in [6.07, 6.45) is 1.06. The highest BCUT2D eigenvalue weighted by atomic mass is 32.1.